The van der Waals surface area contributed by atoms with Gasteiger partial charge in [0, 0.05) is 24.7 Å². The van der Waals surface area contributed by atoms with Crippen molar-refractivity contribution < 1.29 is 28.7 Å². The van der Waals surface area contributed by atoms with E-state index in [0.717, 1.165) is 5.57 Å². The topological polar surface area (TPSA) is 93.2 Å². The van der Waals surface area contributed by atoms with Crippen LogP contribution in [0, 0.1) is 17.8 Å². The number of carbonyl (C=O) groups is 4. The lowest BCUT2D eigenvalue weighted by molar-refractivity contribution is -0.139. The second kappa shape index (κ2) is 9.02. The summed E-state index contributed by atoms with van der Waals surface area (Å²) in [4.78, 5) is 54.1. The Morgan fingerprint density at radius 3 is 2.40 bits per heavy atom. The number of imide groups is 1. The Kier molecular flexibility index (Phi) is 5.88. The fourth-order valence-corrected chi connectivity index (χ4v) is 5.05. The number of methoxy groups -OCH3 is 1. The zero-order valence-electron chi connectivity index (χ0n) is 19.6. The lowest BCUT2D eigenvalue weighted by Gasteiger charge is -2.18. The van der Waals surface area contributed by atoms with E-state index in [1.807, 2.05) is 13.0 Å². The first kappa shape index (κ1) is 22.8. The summed E-state index contributed by atoms with van der Waals surface area (Å²) in [5, 5.41) is 0. The number of fused-ring (bicyclic) bond motifs is 1. The molecule has 0 spiro atoms. The largest absolute Gasteiger partial charge is 0.497 e. The van der Waals surface area contributed by atoms with Crippen LogP contribution in [0.15, 0.2) is 60.2 Å². The van der Waals surface area contributed by atoms with Gasteiger partial charge in [0.1, 0.15) is 11.5 Å². The summed E-state index contributed by atoms with van der Waals surface area (Å²) >= 11 is 0. The number of amides is 3. The van der Waals surface area contributed by atoms with E-state index >= 15 is 0 Å². The summed E-state index contributed by atoms with van der Waals surface area (Å²) in [5.41, 5.74) is 2.19. The highest BCUT2D eigenvalue weighted by molar-refractivity contribution is 6.22. The van der Waals surface area contributed by atoms with Gasteiger partial charge in [-0.15, -0.1) is 0 Å². The van der Waals surface area contributed by atoms with Crippen molar-refractivity contribution in [1.82, 2.24) is 0 Å². The van der Waals surface area contributed by atoms with E-state index in [0.29, 0.717) is 30.0 Å². The van der Waals surface area contributed by atoms with E-state index in [-0.39, 0.29) is 48.3 Å². The lowest BCUT2D eigenvalue weighted by Crippen LogP contribution is -2.31. The summed E-state index contributed by atoms with van der Waals surface area (Å²) in [7, 11) is 1.57. The molecule has 180 valence electrons. The summed E-state index contributed by atoms with van der Waals surface area (Å²) in [6, 6.07) is 13.5. The van der Waals surface area contributed by atoms with Gasteiger partial charge in [-0.25, -0.2) is 4.90 Å². The third-order valence-electron chi connectivity index (χ3n) is 6.96. The molecule has 0 unspecified atom stereocenters. The first-order chi connectivity index (χ1) is 16.9. The molecule has 2 saturated heterocycles. The molecule has 0 radical (unpaired) electrons. The summed E-state index contributed by atoms with van der Waals surface area (Å²) < 4.78 is 10.7. The first-order valence-electron chi connectivity index (χ1n) is 11.7. The molecule has 8 nitrogen and oxygen atoms in total. The Balaban J connectivity index is 1.28. The molecule has 3 amide bonds. The molecule has 3 atom stereocenters. The fourth-order valence-electron chi connectivity index (χ4n) is 5.05. The Labute approximate surface area is 203 Å². The number of ether oxygens (including phenoxy) is 2. The second-order valence-corrected chi connectivity index (χ2v) is 9.24. The van der Waals surface area contributed by atoms with Gasteiger partial charge < -0.3 is 14.4 Å². The summed E-state index contributed by atoms with van der Waals surface area (Å²) in [5.74, 6) is -1.52. The monoisotopic (exact) mass is 474 g/mol. The average Bonchev–Trinajstić information content (AvgIpc) is 3.36. The van der Waals surface area contributed by atoms with Crippen LogP contribution in [0.5, 0.6) is 11.5 Å². The number of rotatable bonds is 5. The highest BCUT2D eigenvalue weighted by atomic mass is 16.5. The molecular formula is C27H26N2O6. The minimum atomic E-state index is -0.625. The highest BCUT2D eigenvalue weighted by Gasteiger charge is 2.48. The first-order valence-corrected chi connectivity index (χ1v) is 11.7. The smallest absolute Gasteiger partial charge is 0.316 e. The van der Waals surface area contributed by atoms with Crippen molar-refractivity contribution in [3.63, 3.8) is 0 Å². The van der Waals surface area contributed by atoms with Gasteiger partial charge in [-0.1, -0.05) is 17.7 Å². The van der Waals surface area contributed by atoms with Gasteiger partial charge in [0.2, 0.25) is 17.7 Å². The van der Waals surface area contributed by atoms with Gasteiger partial charge in [0.15, 0.2) is 0 Å². The predicted molar refractivity (Wildman–Crippen MR) is 128 cm³/mol. The highest BCUT2D eigenvalue weighted by Crippen LogP contribution is 2.40. The number of hydrogen-bond acceptors (Lipinski definition) is 6. The molecule has 0 N–H and O–H groups in total. The van der Waals surface area contributed by atoms with Crippen LogP contribution >= 0.6 is 0 Å². The number of benzene rings is 2. The van der Waals surface area contributed by atoms with Crippen molar-refractivity contribution >= 4 is 35.1 Å². The quantitative estimate of drug-likeness (QED) is 0.285. The third kappa shape index (κ3) is 4.20. The van der Waals surface area contributed by atoms with Gasteiger partial charge in [0.25, 0.3) is 0 Å². The number of carbonyl (C=O) groups excluding carboxylic acids is 4. The zero-order chi connectivity index (χ0) is 24.7. The predicted octanol–water partition coefficient (Wildman–Crippen LogP) is 3.50. The van der Waals surface area contributed by atoms with Crippen LogP contribution < -0.4 is 19.3 Å². The van der Waals surface area contributed by atoms with Crippen molar-refractivity contribution in [3.8, 4) is 11.5 Å². The maximum atomic E-state index is 13.0. The summed E-state index contributed by atoms with van der Waals surface area (Å²) in [6.07, 6.45) is 3.21. The average molecular weight is 475 g/mol. The van der Waals surface area contributed by atoms with Crippen molar-refractivity contribution in [3.05, 3.63) is 60.2 Å². The molecule has 0 saturated carbocycles. The molecule has 0 bridgehead atoms. The van der Waals surface area contributed by atoms with E-state index in [9.17, 15) is 19.2 Å². The van der Waals surface area contributed by atoms with Crippen molar-refractivity contribution in [2.45, 2.75) is 26.2 Å². The molecule has 2 aromatic rings. The van der Waals surface area contributed by atoms with Gasteiger partial charge in [0.05, 0.1) is 30.6 Å². The van der Waals surface area contributed by atoms with E-state index < -0.39 is 11.9 Å². The Morgan fingerprint density at radius 1 is 0.914 bits per heavy atom. The lowest BCUT2D eigenvalue weighted by atomic mass is 9.82. The zero-order valence-corrected chi connectivity index (χ0v) is 19.6. The van der Waals surface area contributed by atoms with E-state index in [1.165, 1.54) is 11.0 Å². The SMILES string of the molecule is COc1ccc(N2C[C@@H](C(=O)Oc3cccc(N4C(=O)[C@H]5CC=C(C)C[C@@H]5C4=O)c3)CC2=O)cc1. The normalized spacial score (nSPS) is 23.9. The molecule has 2 aromatic carbocycles. The Hall–Kier alpha value is -3.94. The van der Waals surface area contributed by atoms with Crippen LogP contribution in [0.4, 0.5) is 11.4 Å². The van der Waals surface area contributed by atoms with Crippen LogP contribution in [-0.2, 0) is 19.2 Å². The Morgan fingerprint density at radius 2 is 1.66 bits per heavy atom. The number of allylic oxidation sites excluding steroid dienone is 2. The maximum absolute atomic E-state index is 13.0. The van der Waals surface area contributed by atoms with Crippen LogP contribution in [0.1, 0.15) is 26.2 Å². The van der Waals surface area contributed by atoms with E-state index in [2.05, 4.69) is 0 Å². The van der Waals surface area contributed by atoms with Gasteiger partial charge in [-0.2, -0.15) is 0 Å². The van der Waals surface area contributed by atoms with Crippen LogP contribution in [0.2, 0.25) is 0 Å². The minimum absolute atomic E-state index is 0.0450. The second-order valence-electron chi connectivity index (χ2n) is 9.24. The summed E-state index contributed by atoms with van der Waals surface area (Å²) in [6.45, 7) is 2.18. The molecule has 5 rings (SSSR count). The maximum Gasteiger partial charge on any atom is 0.316 e. The number of nitrogens with zero attached hydrogens (tertiary/aromatic N) is 2. The number of hydrogen-bond donors (Lipinski definition) is 0. The standard InChI is InChI=1S/C27H26N2O6/c1-16-6-11-22-23(12-16)26(32)29(25(22)31)19-4-3-5-21(14-19)35-27(33)17-13-24(30)28(15-17)18-7-9-20(34-2)10-8-18/h3-10,14,17,22-23H,11-13,15H2,1-2H3/t17-,22-,23-/m0/s1. The fraction of sp³-hybridized carbons (Fsp3) is 0.333. The van der Waals surface area contributed by atoms with Crippen LogP contribution in [0.25, 0.3) is 0 Å². The number of anilines is 2. The molecule has 8 heteroatoms. The van der Waals surface area contributed by atoms with Gasteiger partial charge >= 0.3 is 5.97 Å². The van der Waals surface area contributed by atoms with Gasteiger partial charge in [-0.05, 0) is 56.2 Å². The number of esters is 1. The molecule has 0 aromatic heterocycles. The van der Waals surface area contributed by atoms with Crippen LogP contribution in [-0.4, -0.2) is 37.3 Å². The molecule has 35 heavy (non-hydrogen) atoms. The molecular weight excluding hydrogens is 448 g/mol. The van der Waals surface area contributed by atoms with Crippen molar-refractivity contribution in [2.75, 3.05) is 23.5 Å². The van der Waals surface area contributed by atoms with Gasteiger partial charge in [-0.3, -0.25) is 19.2 Å². The minimum Gasteiger partial charge on any atom is -0.497 e. The van der Waals surface area contributed by atoms with E-state index in [1.54, 1.807) is 54.5 Å². The third-order valence-corrected chi connectivity index (χ3v) is 6.96. The molecule has 2 fully saturated rings. The van der Waals surface area contributed by atoms with Crippen molar-refractivity contribution in [1.29, 1.82) is 0 Å². The molecule has 3 aliphatic rings. The van der Waals surface area contributed by atoms with Crippen molar-refractivity contribution in [2.24, 2.45) is 17.8 Å². The molecule has 1 aliphatic carbocycles. The molecule has 2 heterocycles. The molecule has 2 aliphatic heterocycles. The van der Waals surface area contributed by atoms with Crippen LogP contribution in [0.3, 0.4) is 0 Å². The van der Waals surface area contributed by atoms with E-state index in [4.69, 9.17) is 9.47 Å². The Bertz CT molecular complexity index is 1230.